The van der Waals surface area contributed by atoms with E-state index in [0.29, 0.717) is 0 Å². The first-order chi connectivity index (χ1) is 14.2. The van der Waals surface area contributed by atoms with Gasteiger partial charge in [-0.3, -0.25) is 0 Å². The molecule has 0 aliphatic heterocycles. The van der Waals surface area contributed by atoms with E-state index >= 15 is 0 Å². The lowest BCUT2D eigenvalue weighted by Gasteiger charge is -2.26. The number of rotatable bonds is 4. The Balaban J connectivity index is 1.53. The van der Waals surface area contributed by atoms with Gasteiger partial charge in [0.1, 0.15) is 0 Å². The van der Waals surface area contributed by atoms with Crippen molar-refractivity contribution in [1.82, 2.24) is 0 Å². The third kappa shape index (κ3) is 3.77. The van der Waals surface area contributed by atoms with E-state index in [2.05, 4.69) is 128 Å². The molecule has 0 aromatic heterocycles. The van der Waals surface area contributed by atoms with Crippen molar-refractivity contribution in [3.8, 4) is 11.1 Å². The molecule has 5 rings (SSSR count). The molecule has 4 aromatic rings. The van der Waals surface area contributed by atoms with Crippen LogP contribution in [-0.4, -0.2) is 0 Å². The van der Waals surface area contributed by atoms with Crippen molar-refractivity contribution in [3.63, 3.8) is 0 Å². The Morgan fingerprint density at radius 2 is 0.931 bits per heavy atom. The highest BCUT2D eigenvalue weighted by atomic mass is 79.9. The molecule has 0 amide bonds. The van der Waals surface area contributed by atoms with Gasteiger partial charge in [0.25, 0.3) is 0 Å². The second-order valence-electron chi connectivity index (χ2n) is 7.32. The molecule has 4 aromatic carbocycles. The monoisotopic (exact) mass is 503 g/mol. The van der Waals surface area contributed by atoms with Gasteiger partial charge >= 0.3 is 0 Å². The van der Waals surface area contributed by atoms with Gasteiger partial charge in [0.15, 0.2) is 0 Å². The summed E-state index contributed by atoms with van der Waals surface area (Å²) in [6, 6.07) is 32.6. The Kier molecular flexibility index (Phi) is 5.03. The summed E-state index contributed by atoms with van der Waals surface area (Å²) in [6.07, 6.45) is 2.44. The van der Waals surface area contributed by atoms with E-state index in [9.17, 15) is 0 Å². The minimum absolute atomic E-state index is 1.08. The van der Waals surface area contributed by atoms with E-state index in [1.54, 1.807) is 0 Å². The average molecular weight is 505 g/mol. The van der Waals surface area contributed by atoms with Crippen molar-refractivity contribution < 1.29 is 0 Å². The number of nitrogens with zero attached hydrogens (tertiary/aromatic N) is 1. The Morgan fingerprint density at radius 3 is 1.38 bits per heavy atom. The number of halogens is 2. The van der Waals surface area contributed by atoms with E-state index in [1.165, 1.54) is 35.1 Å². The van der Waals surface area contributed by atoms with Crippen molar-refractivity contribution in [3.05, 3.63) is 111 Å². The number of anilines is 3. The molecule has 3 heteroatoms. The topological polar surface area (TPSA) is 3.24 Å². The highest BCUT2D eigenvalue weighted by Crippen LogP contribution is 2.37. The maximum Gasteiger partial charge on any atom is 0.0462 e. The van der Waals surface area contributed by atoms with Crippen LogP contribution in [0.4, 0.5) is 17.1 Å². The molecule has 0 radical (unpaired) electrons. The van der Waals surface area contributed by atoms with Crippen LogP contribution in [-0.2, 0) is 12.8 Å². The van der Waals surface area contributed by atoms with E-state index in [1.807, 2.05) is 0 Å². The number of hydrogen-bond acceptors (Lipinski definition) is 1. The summed E-state index contributed by atoms with van der Waals surface area (Å²) in [5.74, 6) is 0. The third-order valence-electron chi connectivity index (χ3n) is 5.50. The van der Waals surface area contributed by atoms with E-state index in [0.717, 1.165) is 26.0 Å². The highest BCUT2D eigenvalue weighted by molar-refractivity contribution is 9.10. The predicted octanol–water partition coefficient (Wildman–Crippen LogP) is 8.45. The zero-order valence-corrected chi connectivity index (χ0v) is 18.9. The standard InChI is InChI=1S/C26H19Br2N/c27-22-7-13-25(14-8-22)29(26-15-9-23(28)10-16-26)24-11-5-19(6-12-24)21-4-2-18-1-3-20(18)17-21/h2,4-17H,1,3H2. The molecule has 0 bridgehead atoms. The number of benzene rings is 4. The fourth-order valence-corrected chi connectivity index (χ4v) is 4.33. The summed E-state index contributed by atoms with van der Waals surface area (Å²) in [5.41, 5.74) is 8.96. The van der Waals surface area contributed by atoms with Crippen LogP contribution in [0, 0.1) is 0 Å². The SMILES string of the molecule is Brc1ccc(N(c2ccc(Br)cc2)c2ccc(-c3ccc4c(c3)CC4)cc2)cc1. The van der Waals surface area contributed by atoms with Gasteiger partial charge in [0.2, 0.25) is 0 Å². The number of hydrogen-bond donors (Lipinski definition) is 0. The van der Waals surface area contributed by atoms with Crippen LogP contribution in [0.25, 0.3) is 11.1 Å². The Morgan fingerprint density at radius 1 is 0.483 bits per heavy atom. The molecule has 0 N–H and O–H groups in total. The summed E-state index contributed by atoms with van der Waals surface area (Å²) in [4.78, 5) is 2.28. The Hall–Kier alpha value is -2.36. The van der Waals surface area contributed by atoms with Gasteiger partial charge in [-0.15, -0.1) is 0 Å². The van der Waals surface area contributed by atoms with Crippen LogP contribution in [0.3, 0.4) is 0 Å². The summed E-state index contributed by atoms with van der Waals surface area (Å²) in [6.45, 7) is 0. The molecule has 1 aliphatic carbocycles. The molecule has 0 heterocycles. The van der Waals surface area contributed by atoms with Crippen LogP contribution >= 0.6 is 31.9 Å². The molecular weight excluding hydrogens is 486 g/mol. The van der Waals surface area contributed by atoms with Gasteiger partial charge in [0.05, 0.1) is 0 Å². The predicted molar refractivity (Wildman–Crippen MR) is 129 cm³/mol. The summed E-state index contributed by atoms with van der Waals surface area (Å²) >= 11 is 7.09. The molecule has 0 atom stereocenters. The van der Waals surface area contributed by atoms with E-state index < -0.39 is 0 Å². The molecule has 0 saturated carbocycles. The molecule has 0 unspecified atom stereocenters. The quantitative estimate of drug-likeness (QED) is 0.269. The average Bonchev–Trinajstić information content (AvgIpc) is 2.73. The van der Waals surface area contributed by atoms with Gasteiger partial charge in [-0.25, -0.2) is 0 Å². The van der Waals surface area contributed by atoms with Crippen molar-refractivity contribution in [2.45, 2.75) is 12.8 Å². The van der Waals surface area contributed by atoms with Gasteiger partial charge < -0.3 is 4.90 Å². The first kappa shape index (κ1) is 18.7. The lowest BCUT2D eigenvalue weighted by molar-refractivity contribution is 0.840. The zero-order valence-electron chi connectivity index (χ0n) is 15.8. The van der Waals surface area contributed by atoms with Crippen LogP contribution in [0.5, 0.6) is 0 Å². The van der Waals surface area contributed by atoms with Gasteiger partial charge in [-0.1, -0.05) is 62.2 Å². The second-order valence-corrected chi connectivity index (χ2v) is 9.15. The van der Waals surface area contributed by atoms with Gasteiger partial charge in [0, 0.05) is 26.0 Å². The zero-order chi connectivity index (χ0) is 19.8. The van der Waals surface area contributed by atoms with Crippen molar-refractivity contribution in [2.75, 3.05) is 4.90 Å². The maximum absolute atomic E-state index is 3.54. The summed E-state index contributed by atoms with van der Waals surface area (Å²) in [7, 11) is 0. The van der Waals surface area contributed by atoms with E-state index in [4.69, 9.17) is 0 Å². The molecule has 29 heavy (non-hydrogen) atoms. The third-order valence-corrected chi connectivity index (χ3v) is 6.56. The lowest BCUT2D eigenvalue weighted by Crippen LogP contribution is -2.09. The Bertz CT molecular complexity index is 1100. The number of fused-ring (bicyclic) bond motifs is 1. The smallest absolute Gasteiger partial charge is 0.0462 e. The molecular formula is C26H19Br2N. The summed E-state index contributed by atoms with van der Waals surface area (Å²) < 4.78 is 2.15. The molecule has 0 saturated heterocycles. The molecule has 1 nitrogen and oxygen atoms in total. The Labute approximate surface area is 188 Å². The lowest BCUT2D eigenvalue weighted by atomic mass is 9.86. The van der Waals surface area contributed by atoms with Crippen LogP contribution in [0.2, 0.25) is 0 Å². The normalized spacial score (nSPS) is 12.2. The fraction of sp³-hybridized carbons (Fsp3) is 0.0769. The van der Waals surface area contributed by atoms with Crippen molar-refractivity contribution in [2.24, 2.45) is 0 Å². The van der Waals surface area contributed by atoms with Crippen LogP contribution < -0.4 is 4.90 Å². The van der Waals surface area contributed by atoms with Crippen LogP contribution in [0.15, 0.2) is 99.9 Å². The molecule has 0 spiro atoms. The van der Waals surface area contributed by atoms with Crippen LogP contribution in [0.1, 0.15) is 11.1 Å². The maximum atomic E-state index is 3.54. The first-order valence-corrected chi connectivity index (χ1v) is 11.3. The molecule has 0 fully saturated rings. The highest BCUT2D eigenvalue weighted by Gasteiger charge is 2.15. The summed E-state index contributed by atoms with van der Waals surface area (Å²) in [5, 5.41) is 0. The van der Waals surface area contributed by atoms with Crippen molar-refractivity contribution in [1.29, 1.82) is 0 Å². The van der Waals surface area contributed by atoms with Gasteiger partial charge in [-0.05, 0) is 95.8 Å². The fourth-order valence-electron chi connectivity index (χ4n) is 3.81. The number of aryl methyl sites for hydroxylation is 2. The minimum Gasteiger partial charge on any atom is -0.311 e. The van der Waals surface area contributed by atoms with Gasteiger partial charge in [-0.2, -0.15) is 0 Å². The second kappa shape index (κ2) is 7.81. The molecule has 1 aliphatic rings. The minimum atomic E-state index is 1.08. The first-order valence-electron chi connectivity index (χ1n) is 9.71. The largest absolute Gasteiger partial charge is 0.311 e. The van der Waals surface area contributed by atoms with Crippen molar-refractivity contribution >= 4 is 48.9 Å². The van der Waals surface area contributed by atoms with E-state index in [-0.39, 0.29) is 0 Å². The molecule has 142 valence electrons.